The summed E-state index contributed by atoms with van der Waals surface area (Å²) < 4.78 is 5.23. The molecule has 2 N–H and O–H groups in total. The van der Waals surface area contributed by atoms with Crippen LogP contribution in [0, 0.1) is 5.92 Å². The first-order valence-electron chi connectivity index (χ1n) is 7.57. The molecule has 22 heavy (non-hydrogen) atoms. The Kier molecular flexibility index (Phi) is 4.29. The normalized spacial score (nSPS) is 24.1. The van der Waals surface area contributed by atoms with Gasteiger partial charge in [-0.1, -0.05) is 30.3 Å². The van der Waals surface area contributed by atoms with E-state index < -0.39 is 18.1 Å². The smallest absolute Gasteiger partial charge is 0.410 e. The van der Waals surface area contributed by atoms with E-state index in [1.165, 1.54) is 4.90 Å². The molecule has 2 amide bonds. The predicted octanol–water partition coefficient (Wildman–Crippen LogP) is 0.894. The summed E-state index contributed by atoms with van der Waals surface area (Å²) in [6, 6.07) is 9.64. The van der Waals surface area contributed by atoms with Crippen LogP contribution < -0.4 is 5.32 Å². The van der Waals surface area contributed by atoms with Gasteiger partial charge in [-0.2, -0.15) is 0 Å². The van der Waals surface area contributed by atoms with Gasteiger partial charge in [-0.25, -0.2) is 4.79 Å². The third-order valence-electron chi connectivity index (χ3n) is 4.01. The van der Waals surface area contributed by atoms with E-state index in [1.54, 1.807) is 0 Å². The first kappa shape index (κ1) is 14.8. The minimum absolute atomic E-state index is 0.135. The zero-order valence-corrected chi connectivity index (χ0v) is 12.3. The van der Waals surface area contributed by atoms with Crippen LogP contribution >= 0.6 is 0 Å². The average molecular weight is 304 g/mol. The van der Waals surface area contributed by atoms with Crippen LogP contribution in [0.1, 0.15) is 18.4 Å². The minimum atomic E-state index is -0.831. The highest BCUT2D eigenvalue weighted by Gasteiger charge is 2.40. The standard InChI is InChI=1S/C16H20N2O4/c19-14-9-18(8-13(14)15(20)17-12-6-7-12)16(21)22-10-11-4-2-1-3-5-11/h1-5,12-14,19H,6-10H2,(H,17,20)/t13-,14+/m0/s1. The van der Waals surface area contributed by atoms with Gasteiger partial charge in [0.05, 0.1) is 18.6 Å². The lowest BCUT2D eigenvalue weighted by atomic mass is 10.1. The van der Waals surface area contributed by atoms with E-state index >= 15 is 0 Å². The van der Waals surface area contributed by atoms with Crippen molar-refractivity contribution < 1.29 is 19.4 Å². The molecule has 1 aromatic rings. The summed E-state index contributed by atoms with van der Waals surface area (Å²) in [4.78, 5) is 25.4. The van der Waals surface area contributed by atoms with Crippen LogP contribution in [0.15, 0.2) is 30.3 Å². The topological polar surface area (TPSA) is 78.9 Å². The number of nitrogens with zero attached hydrogens (tertiary/aromatic N) is 1. The summed E-state index contributed by atoms with van der Waals surface area (Å²) in [5.74, 6) is -0.738. The van der Waals surface area contributed by atoms with E-state index in [4.69, 9.17) is 4.74 Å². The largest absolute Gasteiger partial charge is 0.445 e. The Morgan fingerprint density at radius 3 is 2.64 bits per heavy atom. The Hall–Kier alpha value is -2.08. The number of ether oxygens (including phenoxy) is 1. The maximum atomic E-state index is 12.0. The first-order valence-corrected chi connectivity index (χ1v) is 7.57. The van der Waals surface area contributed by atoms with Gasteiger partial charge in [-0.3, -0.25) is 4.79 Å². The van der Waals surface area contributed by atoms with Crippen LogP contribution in [0.4, 0.5) is 4.79 Å². The van der Waals surface area contributed by atoms with Crippen molar-refractivity contribution in [2.45, 2.75) is 31.6 Å². The highest BCUT2D eigenvalue weighted by atomic mass is 16.6. The van der Waals surface area contributed by atoms with Gasteiger partial charge in [0.25, 0.3) is 0 Å². The van der Waals surface area contributed by atoms with Gasteiger partial charge < -0.3 is 20.1 Å². The fourth-order valence-corrected chi connectivity index (χ4v) is 2.54. The maximum absolute atomic E-state index is 12.0. The molecule has 0 radical (unpaired) electrons. The Bertz CT molecular complexity index is 544. The number of benzene rings is 1. The number of amides is 2. The van der Waals surface area contributed by atoms with Crippen LogP contribution in [0.25, 0.3) is 0 Å². The van der Waals surface area contributed by atoms with Crippen LogP contribution in [-0.2, 0) is 16.1 Å². The van der Waals surface area contributed by atoms with Gasteiger partial charge in [-0.15, -0.1) is 0 Å². The third kappa shape index (κ3) is 3.57. The number of hydrogen-bond acceptors (Lipinski definition) is 4. The van der Waals surface area contributed by atoms with E-state index in [1.807, 2.05) is 30.3 Å². The maximum Gasteiger partial charge on any atom is 0.410 e. The summed E-state index contributed by atoms with van der Waals surface area (Å²) >= 11 is 0. The number of nitrogens with one attached hydrogen (secondary N) is 1. The molecule has 0 spiro atoms. The SMILES string of the molecule is O=C(NC1CC1)[C@H]1CN(C(=O)OCc2ccccc2)C[C@H]1O. The monoisotopic (exact) mass is 304 g/mol. The van der Waals surface area contributed by atoms with Gasteiger partial charge in [0.15, 0.2) is 0 Å². The van der Waals surface area contributed by atoms with Gasteiger partial charge in [0.2, 0.25) is 5.91 Å². The molecule has 3 rings (SSSR count). The molecule has 2 aliphatic rings. The molecule has 1 aliphatic heterocycles. The molecule has 2 atom stereocenters. The van der Waals surface area contributed by atoms with E-state index in [0.717, 1.165) is 18.4 Å². The second-order valence-corrected chi connectivity index (χ2v) is 5.90. The second-order valence-electron chi connectivity index (χ2n) is 5.90. The van der Waals surface area contributed by atoms with E-state index in [0.29, 0.717) is 0 Å². The Morgan fingerprint density at radius 2 is 1.95 bits per heavy atom. The van der Waals surface area contributed by atoms with Crippen LogP contribution in [-0.4, -0.2) is 47.2 Å². The van der Waals surface area contributed by atoms with Crippen molar-refractivity contribution in [2.75, 3.05) is 13.1 Å². The number of aliphatic hydroxyl groups excluding tert-OH is 1. The lowest BCUT2D eigenvalue weighted by Gasteiger charge is -2.16. The van der Waals surface area contributed by atoms with Crippen LogP contribution in [0.5, 0.6) is 0 Å². The number of aliphatic hydroxyl groups is 1. The summed E-state index contributed by atoms with van der Waals surface area (Å²) in [5, 5.41) is 12.9. The van der Waals surface area contributed by atoms with Crippen molar-refractivity contribution in [3.8, 4) is 0 Å². The number of carbonyl (C=O) groups excluding carboxylic acids is 2. The Labute approximate surface area is 129 Å². The molecule has 1 saturated carbocycles. The average Bonchev–Trinajstić information content (AvgIpc) is 3.25. The van der Waals surface area contributed by atoms with Crippen LogP contribution in [0.2, 0.25) is 0 Å². The number of carbonyl (C=O) groups is 2. The fourth-order valence-electron chi connectivity index (χ4n) is 2.54. The van der Waals surface area contributed by atoms with Crippen LogP contribution in [0.3, 0.4) is 0 Å². The first-order chi connectivity index (χ1) is 10.6. The molecule has 1 heterocycles. The summed E-state index contributed by atoms with van der Waals surface area (Å²) in [7, 11) is 0. The molecule has 1 aromatic carbocycles. The molecule has 0 aromatic heterocycles. The molecule has 1 saturated heterocycles. The van der Waals surface area contributed by atoms with Crippen molar-refractivity contribution in [1.82, 2.24) is 10.2 Å². The molecule has 2 fully saturated rings. The lowest BCUT2D eigenvalue weighted by Crippen LogP contribution is -2.38. The third-order valence-corrected chi connectivity index (χ3v) is 4.01. The zero-order valence-electron chi connectivity index (χ0n) is 12.3. The molecular formula is C16H20N2O4. The second kappa shape index (κ2) is 6.36. The Morgan fingerprint density at radius 1 is 1.23 bits per heavy atom. The molecule has 6 nitrogen and oxygen atoms in total. The number of likely N-dealkylation sites (tertiary alicyclic amines) is 1. The quantitative estimate of drug-likeness (QED) is 0.866. The fraction of sp³-hybridized carbons (Fsp3) is 0.500. The van der Waals surface area contributed by atoms with Crippen molar-refractivity contribution in [3.05, 3.63) is 35.9 Å². The van der Waals surface area contributed by atoms with E-state index in [9.17, 15) is 14.7 Å². The molecule has 118 valence electrons. The summed E-state index contributed by atoms with van der Waals surface area (Å²) in [6.07, 6.45) is 0.669. The summed E-state index contributed by atoms with van der Waals surface area (Å²) in [6.45, 7) is 0.523. The van der Waals surface area contributed by atoms with Crippen molar-refractivity contribution >= 4 is 12.0 Å². The van der Waals surface area contributed by atoms with E-state index in [2.05, 4.69) is 5.32 Å². The zero-order chi connectivity index (χ0) is 15.5. The van der Waals surface area contributed by atoms with E-state index in [-0.39, 0.29) is 31.6 Å². The van der Waals surface area contributed by atoms with Gasteiger partial charge in [0, 0.05) is 12.6 Å². The molecule has 0 bridgehead atoms. The van der Waals surface area contributed by atoms with Crippen molar-refractivity contribution in [3.63, 3.8) is 0 Å². The van der Waals surface area contributed by atoms with Gasteiger partial charge >= 0.3 is 6.09 Å². The number of hydrogen-bond donors (Lipinski definition) is 2. The molecular weight excluding hydrogens is 284 g/mol. The molecule has 6 heteroatoms. The van der Waals surface area contributed by atoms with Crippen molar-refractivity contribution in [2.24, 2.45) is 5.92 Å². The lowest BCUT2D eigenvalue weighted by molar-refractivity contribution is -0.127. The highest BCUT2D eigenvalue weighted by molar-refractivity contribution is 5.81. The highest BCUT2D eigenvalue weighted by Crippen LogP contribution is 2.23. The van der Waals surface area contributed by atoms with Gasteiger partial charge in [-0.05, 0) is 18.4 Å². The predicted molar refractivity (Wildman–Crippen MR) is 78.9 cm³/mol. The molecule has 0 unspecified atom stereocenters. The summed E-state index contributed by atoms with van der Waals surface area (Å²) in [5.41, 5.74) is 0.902. The molecule has 1 aliphatic carbocycles. The number of β-amino-alcohol motifs (C(OH)–C–C–N with tert-alkyl or cyclic N) is 1. The minimum Gasteiger partial charge on any atom is -0.445 e. The van der Waals surface area contributed by atoms with Crippen molar-refractivity contribution in [1.29, 1.82) is 0 Å². The number of rotatable bonds is 4. The van der Waals surface area contributed by atoms with Gasteiger partial charge in [0.1, 0.15) is 6.61 Å². The Balaban J connectivity index is 1.49.